The molecule has 0 rings (SSSR count). The van der Waals surface area contributed by atoms with Gasteiger partial charge in [0.15, 0.2) is 0 Å². The molecule has 4 nitrogen and oxygen atoms in total. The molecule has 0 fully saturated rings. The van der Waals surface area contributed by atoms with Crippen molar-refractivity contribution in [3.63, 3.8) is 0 Å². The zero-order chi connectivity index (χ0) is 17.2. The Morgan fingerprint density at radius 1 is 0.727 bits per heavy atom. The largest absolute Gasteiger partial charge is 0.460 e. The topological polar surface area (TPSA) is 52.6 Å². The molecule has 0 aromatic carbocycles. The van der Waals surface area contributed by atoms with Crippen molar-refractivity contribution in [1.29, 1.82) is 0 Å². The molecule has 22 heavy (non-hydrogen) atoms. The molecular formula is C18H34O4. The second-order valence-corrected chi connectivity index (χ2v) is 7.17. The Kier molecular flexibility index (Phi) is 9.38. The minimum absolute atomic E-state index is 0.0816. The van der Waals surface area contributed by atoms with E-state index in [4.69, 9.17) is 9.47 Å². The van der Waals surface area contributed by atoms with E-state index in [1.807, 2.05) is 27.7 Å². The Hall–Kier alpha value is -1.06. The molecule has 0 N–H and O–H groups in total. The Morgan fingerprint density at radius 2 is 1.05 bits per heavy atom. The SMILES string of the molecule is CCCCC(C)(C)OC(=O)CCC(=O)OC(C)(C)CCCC. The molecule has 0 saturated carbocycles. The molecule has 0 bridgehead atoms. The van der Waals surface area contributed by atoms with Gasteiger partial charge < -0.3 is 9.47 Å². The van der Waals surface area contributed by atoms with E-state index in [0.717, 1.165) is 38.5 Å². The van der Waals surface area contributed by atoms with Crippen LogP contribution >= 0.6 is 0 Å². The Labute approximate surface area is 135 Å². The highest BCUT2D eigenvalue weighted by Gasteiger charge is 2.25. The highest BCUT2D eigenvalue weighted by molar-refractivity contribution is 5.78. The number of hydrogen-bond donors (Lipinski definition) is 0. The van der Waals surface area contributed by atoms with Gasteiger partial charge in [-0.3, -0.25) is 9.59 Å². The van der Waals surface area contributed by atoms with Crippen molar-refractivity contribution in [2.75, 3.05) is 0 Å². The molecule has 0 atom stereocenters. The maximum absolute atomic E-state index is 11.8. The summed E-state index contributed by atoms with van der Waals surface area (Å²) < 4.78 is 10.9. The number of hydrogen-bond acceptors (Lipinski definition) is 4. The number of ether oxygens (including phenoxy) is 2. The van der Waals surface area contributed by atoms with Crippen molar-refractivity contribution >= 4 is 11.9 Å². The molecule has 0 heterocycles. The zero-order valence-electron chi connectivity index (χ0n) is 15.3. The van der Waals surface area contributed by atoms with Crippen LogP contribution in [-0.2, 0) is 19.1 Å². The van der Waals surface area contributed by atoms with Gasteiger partial charge in [0.1, 0.15) is 11.2 Å². The van der Waals surface area contributed by atoms with Gasteiger partial charge >= 0.3 is 11.9 Å². The van der Waals surface area contributed by atoms with Gasteiger partial charge in [-0.15, -0.1) is 0 Å². The molecule has 0 aliphatic rings. The lowest BCUT2D eigenvalue weighted by Crippen LogP contribution is -2.30. The van der Waals surface area contributed by atoms with Gasteiger partial charge in [-0.05, 0) is 53.4 Å². The molecule has 130 valence electrons. The van der Waals surface area contributed by atoms with Crippen LogP contribution in [0.5, 0.6) is 0 Å². The zero-order valence-corrected chi connectivity index (χ0v) is 15.3. The predicted octanol–water partition coefficient (Wildman–Crippen LogP) is 4.79. The van der Waals surface area contributed by atoms with Crippen molar-refractivity contribution in [3.8, 4) is 0 Å². The first kappa shape index (κ1) is 20.9. The highest BCUT2D eigenvalue weighted by atomic mass is 16.6. The summed E-state index contributed by atoms with van der Waals surface area (Å²) in [6.45, 7) is 11.8. The van der Waals surface area contributed by atoms with Crippen LogP contribution in [0.25, 0.3) is 0 Å². The molecule has 0 aromatic rings. The fourth-order valence-electron chi connectivity index (χ4n) is 2.23. The normalized spacial score (nSPS) is 12.1. The lowest BCUT2D eigenvalue weighted by atomic mass is 10.0. The molecule has 0 aliphatic carbocycles. The van der Waals surface area contributed by atoms with Crippen molar-refractivity contribution < 1.29 is 19.1 Å². The first-order chi connectivity index (χ1) is 10.1. The van der Waals surface area contributed by atoms with Crippen molar-refractivity contribution in [2.24, 2.45) is 0 Å². The maximum atomic E-state index is 11.8. The van der Waals surface area contributed by atoms with Gasteiger partial charge in [0.2, 0.25) is 0 Å². The first-order valence-corrected chi connectivity index (χ1v) is 8.55. The fourth-order valence-corrected chi connectivity index (χ4v) is 2.23. The first-order valence-electron chi connectivity index (χ1n) is 8.55. The third-order valence-corrected chi connectivity index (χ3v) is 3.58. The average molecular weight is 314 g/mol. The standard InChI is InChI=1S/C18H34O4/c1-7-9-13-17(3,4)21-15(19)11-12-16(20)22-18(5,6)14-10-8-2/h7-14H2,1-6H3. The second kappa shape index (κ2) is 9.86. The lowest BCUT2D eigenvalue weighted by Gasteiger charge is -2.26. The number of unbranched alkanes of at least 4 members (excludes halogenated alkanes) is 2. The third kappa shape index (κ3) is 10.6. The van der Waals surface area contributed by atoms with Gasteiger partial charge in [-0.2, -0.15) is 0 Å². The van der Waals surface area contributed by atoms with E-state index in [1.54, 1.807) is 0 Å². The van der Waals surface area contributed by atoms with Gasteiger partial charge in [0.25, 0.3) is 0 Å². The van der Waals surface area contributed by atoms with E-state index in [9.17, 15) is 9.59 Å². The van der Waals surface area contributed by atoms with Crippen LogP contribution in [0, 0.1) is 0 Å². The molecule has 0 saturated heterocycles. The van der Waals surface area contributed by atoms with E-state index < -0.39 is 11.2 Å². The van der Waals surface area contributed by atoms with E-state index >= 15 is 0 Å². The van der Waals surface area contributed by atoms with Gasteiger partial charge in [0.05, 0.1) is 12.8 Å². The van der Waals surface area contributed by atoms with Crippen LogP contribution in [0.3, 0.4) is 0 Å². The monoisotopic (exact) mass is 314 g/mol. The van der Waals surface area contributed by atoms with E-state index in [2.05, 4.69) is 13.8 Å². The van der Waals surface area contributed by atoms with E-state index in [-0.39, 0.29) is 24.8 Å². The number of rotatable bonds is 11. The fraction of sp³-hybridized carbons (Fsp3) is 0.889. The summed E-state index contributed by atoms with van der Waals surface area (Å²) in [5, 5.41) is 0. The minimum atomic E-state index is -0.461. The summed E-state index contributed by atoms with van der Waals surface area (Å²) in [6.07, 6.45) is 6.02. The van der Waals surface area contributed by atoms with Crippen LogP contribution in [0.4, 0.5) is 0 Å². The van der Waals surface area contributed by atoms with E-state index in [0.29, 0.717) is 0 Å². The van der Waals surface area contributed by atoms with Crippen LogP contribution < -0.4 is 0 Å². The van der Waals surface area contributed by atoms with E-state index in [1.165, 1.54) is 0 Å². The van der Waals surface area contributed by atoms with Crippen LogP contribution in [0.15, 0.2) is 0 Å². The third-order valence-electron chi connectivity index (χ3n) is 3.58. The van der Waals surface area contributed by atoms with Crippen molar-refractivity contribution in [1.82, 2.24) is 0 Å². The number of carbonyl (C=O) groups is 2. The van der Waals surface area contributed by atoms with Crippen LogP contribution in [0.2, 0.25) is 0 Å². The number of carbonyl (C=O) groups excluding carboxylic acids is 2. The number of esters is 2. The molecule has 0 spiro atoms. The summed E-state index contributed by atoms with van der Waals surface area (Å²) in [5.41, 5.74) is -0.922. The van der Waals surface area contributed by atoms with Crippen molar-refractivity contribution in [3.05, 3.63) is 0 Å². The highest BCUT2D eigenvalue weighted by Crippen LogP contribution is 2.21. The van der Waals surface area contributed by atoms with Gasteiger partial charge in [-0.1, -0.05) is 26.7 Å². The summed E-state index contributed by atoms with van der Waals surface area (Å²) in [7, 11) is 0. The predicted molar refractivity (Wildman–Crippen MR) is 88.6 cm³/mol. The second-order valence-electron chi connectivity index (χ2n) is 7.17. The molecule has 0 aromatic heterocycles. The van der Waals surface area contributed by atoms with Gasteiger partial charge in [-0.25, -0.2) is 0 Å². The summed E-state index contributed by atoms with van der Waals surface area (Å²) in [4.78, 5) is 23.7. The quantitative estimate of drug-likeness (QED) is 0.514. The molecule has 0 aliphatic heterocycles. The molecule has 0 amide bonds. The lowest BCUT2D eigenvalue weighted by molar-refractivity contribution is -0.164. The van der Waals surface area contributed by atoms with Crippen molar-refractivity contribution in [2.45, 2.75) is 104 Å². The smallest absolute Gasteiger partial charge is 0.306 e. The Balaban J connectivity index is 4.11. The Bertz CT molecular complexity index is 311. The molecule has 0 radical (unpaired) electrons. The summed E-state index contributed by atoms with van der Waals surface area (Å²) >= 11 is 0. The van der Waals surface area contributed by atoms with Crippen LogP contribution in [-0.4, -0.2) is 23.1 Å². The Morgan fingerprint density at radius 3 is 1.32 bits per heavy atom. The summed E-state index contributed by atoms with van der Waals surface area (Å²) in [5.74, 6) is -0.658. The minimum Gasteiger partial charge on any atom is -0.460 e. The van der Waals surface area contributed by atoms with Gasteiger partial charge in [0, 0.05) is 0 Å². The molecule has 4 heteroatoms. The molecular weight excluding hydrogens is 280 g/mol. The average Bonchev–Trinajstić information content (AvgIpc) is 2.40. The molecule has 0 unspecified atom stereocenters. The van der Waals surface area contributed by atoms with Crippen LogP contribution in [0.1, 0.15) is 92.9 Å². The maximum Gasteiger partial charge on any atom is 0.306 e. The summed E-state index contributed by atoms with van der Waals surface area (Å²) in [6, 6.07) is 0.